The van der Waals surface area contributed by atoms with Gasteiger partial charge in [-0.25, -0.2) is 0 Å². The van der Waals surface area contributed by atoms with Crippen molar-refractivity contribution in [1.82, 2.24) is 0 Å². The minimum absolute atomic E-state index is 0.308. The third kappa shape index (κ3) is 2.99. The van der Waals surface area contributed by atoms with Crippen molar-refractivity contribution >= 4 is 0 Å². The molecular formula is C20H34O. The molecule has 0 spiro atoms. The van der Waals surface area contributed by atoms with Crippen molar-refractivity contribution in [2.45, 2.75) is 79.2 Å². The monoisotopic (exact) mass is 290 g/mol. The third-order valence-electron chi connectivity index (χ3n) is 6.76. The zero-order chi connectivity index (χ0) is 15.8. The lowest BCUT2D eigenvalue weighted by molar-refractivity contribution is -0.0612. The highest BCUT2D eigenvalue weighted by Gasteiger charge is 2.52. The Morgan fingerprint density at radius 3 is 2.67 bits per heavy atom. The van der Waals surface area contributed by atoms with Gasteiger partial charge in [0.15, 0.2) is 0 Å². The smallest absolute Gasteiger partial charge is 0.0753 e. The van der Waals surface area contributed by atoms with Gasteiger partial charge in [-0.05, 0) is 74.2 Å². The second kappa shape index (κ2) is 5.91. The van der Waals surface area contributed by atoms with Gasteiger partial charge in [0.05, 0.1) is 6.10 Å². The first-order chi connectivity index (χ1) is 9.72. The van der Waals surface area contributed by atoms with E-state index in [-0.39, 0.29) is 6.10 Å². The number of fused-ring (bicyclic) bond motifs is 1. The van der Waals surface area contributed by atoms with E-state index in [9.17, 15) is 5.11 Å². The first-order valence-electron chi connectivity index (χ1n) is 8.71. The van der Waals surface area contributed by atoms with Gasteiger partial charge in [-0.15, -0.1) is 0 Å². The zero-order valence-electron chi connectivity index (χ0n) is 14.7. The van der Waals surface area contributed by atoms with Gasteiger partial charge in [-0.2, -0.15) is 0 Å². The number of hydrogen-bond acceptors (Lipinski definition) is 1. The molecule has 0 aromatic rings. The van der Waals surface area contributed by atoms with Crippen LogP contribution < -0.4 is 0 Å². The Balaban J connectivity index is 2.27. The molecule has 0 heterocycles. The third-order valence-corrected chi connectivity index (χ3v) is 6.76. The van der Waals surface area contributed by atoms with Gasteiger partial charge in [0.1, 0.15) is 0 Å². The van der Waals surface area contributed by atoms with Crippen molar-refractivity contribution in [2.24, 2.45) is 22.7 Å². The lowest BCUT2D eigenvalue weighted by atomic mass is 9.47. The molecule has 0 aromatic carbocycles. The summed E-state index contributed by atoms with van der Waals surface area (Å²) in [5.74, 6) is 1.24. The fourth-order valence-electron chi connectivity index (χ4n) is 5.31. The Bertz CT molecular complexity index is 431. The molecule has 120 valence electrons. The molecule has 21 heavy (non-hydrogen) atoms. The summed E-state index contributed by atoms with van der Waals surface area (Å²) in [7, 11) is 0. The maximum Gasteiger partial charge on any atom is 0.0753 e. The molecule has 0 aromatic heterocycles. The number of aliphatic hydroxyl groups is 1. The van der Waals surface area contributed by atoms with Crippen molar-refractivity contribution in [3.63, 3.8) is 0 Å². The molecule has 0 unspecified atom stereocenters. The van der Waals surface area contributed by atoms with Crippen LogP contribution in [0.15, 0.2) is 23.8 Å². The van der Waals surface area contributed by atoms with E-state index in [4.69, 9.17) is 0 Å². The van der Waals surface area contributed by atoms with Crippen LogP contribution in [0.5, 0.6) is 0 Å². The Morgan fingerprint density at radius 2 is 2.05 bits per heavy atom. The van der Waals surface area contributed by atoms with Gasteiger partial charge < -0.3 is 5.11 Å². The molecule has 0 amide bonds. The molecule has 2 fully saturated rings. The fraction of sp³-hybridized carbons (Fsp3) is 0.800. The summed E-state index contributed by atoms with van der Waals surface area (Å²) in [6.07, 6.45) is 9.00. The highest BCUT2D eigenvalue weighted by atomic mass is 16.3. The average molecular weight is 290 g/mol. The minimum atomic E-state index is -0.308. The van der Waals surface area contributed by atoms with Gasteiger partial charge in [-0.3, -0.25) is 0 Å². The van der Waals surface area contributed by atoms with Gasteiger partial charge in [0.2, 0.25) is 0 Å². The molecule has 1 N–H and O–H groups in total. The Kier molecular flexibility index (Phi) is 4.73. The average Bonchev–Trinajstić information content (AvgIpc) is 2.40. The molecule has 0 radical (unpaired) electrons. The van der Waals surface area contributed by atoms with E-state index in [0.717, 1.165) is 24.3 Å². The standard InChI is InChI=1S/C20H34O/c1-7-14(2)17(21)13-16-15(3)9-10-18-19(4,5)11-8-12-20(16,18)6/h7,16-18,21H,3,8-13H2,1-2,4-6H3/b14-7-/t16-,17-,18-,20+/m0/s1. The Morgan fingerprint density at radius 1 is 1.38 bits per heavy atom. The van der Waals surface area contributed by atoms with Crippen LogP contribution in [0.3, 0.4) is 0 Å². The summed E-state index contributed by atoms with van der Waals surface area (Å²) < 4.78 is 0. The molecular weight excluding hydrogens is 256 g/mol. The lowest BCUT2D eigenvalue weighted by Crippen LogP contribution is -2.50. The van der Waals surface area contributed by atoms with E-state index in [2.05, 4.69) is 27.4 Å². The molecule has 2 aliphatic carbocycles. The number of aliphatic hydroxyl groups excluding tert-OH is 1. The summed E-state index contributed by atoms with van der Waals surface area (Å²) in [5, 5.41) is 10.5. The number of rotatable bonds is 3. The normalized spacial score (nSPS) is 38.0. The van der Waals surface area contributed by atoms with Gasteiger partial charge in [-0.1, -0.05) is 45.4 Å². The summed E-state index contributed by atoms with van der Waals surface area (Å²) in [5.41, 5.74) is 3.25. The number of hydrogen-bond donors (Lipinski definition) is 1. The second-order valence-electron chi connectivity index (χ2n) is 8.43. The number of allylic oxidation sites excluding steroid dienone is 2. The summed E-state index contributed by atoms with van der Waals surface area (Å²) >= 11 is 0. The predicted molar refractivity (Wildman–Crippen MR) is 91.1 cm³/mol. The van der Waals surface area contributed by atoms with E-state index < -0.39 is 0 Å². The second-order valence-corrected chi connectivity index (χ2v) is 8.43. The minimum Gasteiger partial charge on any atom is -0.389 e. The van der Waals surface area contributed by atoms with Crippen molar-refractivity contribution in [1.29, 1.82) is 0 Å². The molecule has 0 aliphatic heterocycles. The van der Waals surface area contributed by atoms with Gasteiger partial charge in [0.25, 0.3) is 0 Å². The molecule has 1 heteroatoms. The fourth-order valence-corrected chi connectivity index (χ4v) is 5.31. The molecule has 2 rings (SSSR count). The topological polar surface area (TPSA) is 20.2 Å². The van der Waals surface area contributed by atoms with Crippen LogP contribution in [0, 0.1) is 22.7 Å². The van der Waals surface area contributed by atoms with Gasteiger partial charge in [0, 0.05) is 0 Å². The molecule has 0 saturated heterocycles. The molecule has 1 nitrogen and oxygen atoms in total. The largest absolute Gasteiger partial charge is 0.389 e. The predicted octanol–water partition coefficient (Wildman–Crippen LogP) is 5.50. The van der Waals surface area contributed by atoms with Crippen molar-refractivity contribution < 1.29 is 5.11 Å². The summed E-state index contributed by atoms with van der Waals surface area (Å²) in [6.45, 7) is 15.8. The highest BCUT2D eigenvalue weighted by Crippen LogP contribution is 2.61. The summed E-state index contributed by atoms with van der Waals surface area (Å²) in [6, 6.07) is 0. The molecule has 0 bridgehead atoms. The first-order valence-corrected chi connectivity index (χ1v) is 8.71. The van der Waals surface area contributed by atoms with Crippen molar-refractivity contribution in [3.05, 3.63) is 23.8 Å². The Labute approximate surface area is 131 Å². The van der Waals surface area contributed by atoms with E-state index in [1.165, 1.54) is 31.3 Å². The molecule has 2 saturated carbocycles. The van der Waals surface area contributed by atoms with Crippen molar-refractivity contribution in [3.8, 4) is 0 Å². The highest BCUT2D eigenvalue weighted by molar-refractivity contribution is 5.18. The lowest BCUT2D eigenvalue weighted by Gasteiger charge is -2.58. The van der Waals surface area contributed by atoms with Crippen LogP contribution >= 0.6 is 0 Å². The van der Waals surface area contributed by atoms with E-state index in [1.54, 1.807) is 0 Å². The van der Waals surface area contributed by atoms with Crippen LogP contribution in [-0.4, -0.2) is 11.2 Å². The zero-order valence-corrected chi connectivity index (χ0v) is 14.7. The summed E-state index contributed by atoms with van der Waals surface area (Å²) in [4.78, 5) is 0. The first kappa shape index (κ1) is 16.8. The van der Waals surface area contributed by atoms with Crippen LogP contribution in [0.4, 0.5) is 0 Å². The quantitative estimate of drug-likeness (QED) is 0.680. The van der Waals surface area contributed by atoms with E-state index >= 15 is 0 Å². The van der Waals surface area contributed by atoms with Crippen molar-refractivity contribution in [2.75, 3.05) is 0 Å². The van der Waals surface area contributed by atoms with Crippen LogP contribution in [0.2, 0.25) is 0 Å². The Hall–Kier alpha value is -0.560. The van der Waals surface area contributed by atoms with Crippen LogP contribution in [-0.2, 0) is 0 Å². The molecule has 2 aliphatic rings. The SMILES string of the molecule is C=C1CC[C@H]2C(C)(C)CCC[C@]2(C)[C@H]1C[C@H](O)/C(C)=C\C. The van der Waals surface area contributed by atoms with E-state index in [0.29, 0.717) is 16.7 Å². The van der Waals surface area contributed by atoms with Crippen LogP contribution in [0.25, 0.3) is 0 Å². The maximum absolute atomic E-state index is 10.5. The van der Waals surface area contributed by atoms with E-state index in [1.807, 2.05) is 19.9 Å². The maximum atomic E-state index is 10.5. The van der Waals surface area contributed by atoms with Gasteiger partial charge >= 0.3 is 0 Å². The molecule has 4 atom stereocenters. The van der Waals surface area contributed by atoms with Crippen LogP contribution in [0.1, 0.15) is 73.1 Å².